The van der Waals surface area contributed by atoms with Crippen LogP contribution >= 0.6 is 12.4 Å². The molecule has 2 aliphatic heterocycles. The van der Waals surface area contributed by atoms with E-state index >= 15 is 0 Å². The second-order valence-corrected chi connectivity index (χ2v) is 29.4. The van der Waals surface area contributed by atoms with Gasteiger partial charge in [0.05, 0.1) is 18.2 Å². The normalized spacial score (nSPS) is 14.1. The number of aromatic nitrogens is 4. The molecule has 15 rings (SSSR count). The molecule has 0 bridgehead atoms. The highest BCUT2D eigenvalue weighted by molar-refractivity contribution is 6.17. The lowest BCUT2D eigenvalue weighted by molar-refractivity contribution is 0.100. The van der Waals surface area contributed by atoms with Crippen molar-refractivity contribution >= 4 is 146 Å². The van der Waals surface area contributed by atoms with Crippen LogP contribution < -0.4 is 15.4 Å². The van der Waals surface area contributed by atoms with Gasteiger partial charge >= 0.3 is 0 Å². The van der Waals surface area contributed by atoms with Crippen molar-refractivity contribution in [3.8, 4) is 5.75 Å². The Labute approximate surface area is 634 Å². The van der Waals surface area contributed by atoms with Crippen molar-refractivity contribution < 1.29 is 33.5 Å². The highest BCUT2D eigenvalue weighted by Gasteiger charge is 2.28. The molecule has 107 heavy (non-hydrogen) atoms. The van der Waals surface area contributed by atoms with Gasteiger partial charge in [-0.15, -0.1) is 12.4 Å². The largest absolute Gasteiger partial charge is 0.496 e. The summed E-state index contributed by atoms with van der Waals surface area (Å²) in [6.45, 7) is 29.9. The number of rotatable bonds is 23. The van der Waals surface area contributed by atoms with Gasteiger partial charge < -0.3 is 48.3 Å². The van der Waals surface area contributed by atoms with Gasteiger partial charge in [0.2, 0.25) is 0 Å². The van der Waals surface area contributed by atoms with Crippen LogP contribution in [0.5, 0.6) is 5.75 Å². The van der Waals surface area contributed by atoms with Crippen LogP contribution in [0.3, 0.4) is 0 Å². The first kappa shape index (κ1) is 78.3. The fraction of sp³-hybridized carbons (Fsp3) is 0.356. The second kappa shape index (κ2) is 33.5. The van der Waals surface area contributed by atoms with Crippen molar-refractivity contribution in [1.29, 1.82) is 0 Å². The molecule has 1 atom stereocenters. The van der Waals surface area contributed by atoms with Crippen LogP contribution in [-0.4, -0.2) is 149 Å². The lowest BCUT2D eigenvalue weighted by atomic mass is 10.00. The number of fused-ring (bicyclic) bond motifs is 16. The molecule has 0 unspecified atom stereocenters. The average Bonchev–Trinajstić information content (AvgIpc) is 1.26. The number of ether oxygens (including phenoxy) is 1. The summed E-state index contributed by atoms with van der Waals surface area (Å²) in [5.41, 5.74) is 21.1. The maximum Gasteiger partial charge on any atom is 0.163 e. The highest BCUT2D eigenvalue weighted by atomic mass is 35.5. The van der Waals surface area contributed by atoms with E-state index in [-0.39, 0.29) is 47.1 Å². The number of carbonyl (C=O) groups is 6. The number of Topliss-reactive ketones (excluding diaryl/α,β-unsaturated/α-hetero) is 6. The topological polar surface area (TPSA) is 165 Å². The Morgan fingerprint density at radius 2 is 0.935 bits per heavy atom. The zero-order chi connectivity index (χ0) is 75.5. The Hall–Kier alpha value is -9.81. The van der Waals surface area contributed by atoms with Crippen molar-refractivity contribution in [2.24, 2.45) is 0 Å². The predicted octanol–water partition coefficient (Wildman–Crippen LogP) is 18.2. The van der Waals surface area contributed by atoms with Crippen LogP contribution in [-0.2, 0) is 39.1 Å². The fourth-order valence-corrected chi connectivity index (χ4v) is 16.4. The number of hydrogen-bond acceptors (Lipinski definition) is 12. The zero-order valence-electron chi connectivity index (χ0n) is 64.7. The van der Waals surface area contributed by atoms with E-state index in [1.807, 2.05) is 98.0 Å². The third-order valence-corrected chi connectivity index (χ3v) is 22.1. The minimum Gasteiger partial charge on any atom is -0.496 e. The van der Waals surface area contributed by atoms with Gasteiger partial charge in [-0.1, -0.05) is 32.2 Å². The molecule has 6 heterocycles. The quantitative estimate of drug-likeness (QED) is 0.0461. The first-order valence-electron chi connectivity index (χ1n) is 37.6. The summed E-state index contributed by atoms with van der Waals surface area (Å²) in [6, 6.07) is 43.3. The Morgan fingerprint density at radius 1 is 0.505 bits per heavy atom. The highest BCUT2D eigenvalue weighted by Crippen LogP contribution is 2.44. The van der Waals surface area contributed by atoms with Gasteiger partial charge in [-0.3, -0.25) is 28.8 Å². The number of benzene rings is 8. The number of hydrogen-bond donors (Lipinski definition) is 2. The van der Waals surface area contributed by atoms with Gasteiger partial charge in [0.25, 0.3) is 0 Å². The molecule has 1 saturated heterocycles. The number of nitrogens with one attached hydrogen (secondary N) is 2. The van der Waals surface area contributed by atoms with Gasteiger partial charge in [-0.2, -0.15) is 0 Å². The van der Waals surface area contributed by atoms with Crippen molar-refractivity contribution in [3.05, 3.63) is 196 Å². The lowest BCUT2D eigenvalue weighted by Gasteiger charge is -2.20. The number of nitrogens with zero attached hydrogens (tertiary/aromatic N) is 7. The number of carbonyl (C=O) groups excluding carboxylic acids is 6. The summed E-state index contributed by atoms with van der Waals surface area (Å²) in [7, 11) is 12.1. The fourth-order valence-electron chi connectivity index (χ4n) is 16.4. The van der Waals surface area contributed by atoms with Gasteiger partial charge in [0.1, 0.15) is 5.75 Å². The zero-order valence-corrected chi connectivity index (χ0v) is 65.6. The van der Waals surface area contributed by atoms with Crippen LogP contribution in [0.2, 0.25) is 0 Å². The first-order valence-corrected chi connectivity index (χ1v) is 37.6. The SMILES string of the molecule is C=C1CCc2c1ccc1c2c2cc(C(C)=O)ccc2n1CC[C@@H]1CCCN1C.C=C1c2ccc3c(c2CN1C)c1cc(C(C)=O)c(OC)cc1n3CCCN(C)C.CCNCCCn1c2ccc(C(C)=O)cc2c2cc(C(C)=O)ccc21.CNCCCn1c2ccc(C(C)=O)cc2c2cc(C(C)=O)ccc21.Cl. The predicted molar refractivity (Wildman–Crippen MR) is 445 cm³/mol. The smallest absolute Gasteiger partial charge is 0.163 e. The minimum absolute atomic E-state index is 0. The van der Waals surface area contributed by atoms with E-state index in [9.17, 15) is 28.8 Å². The van der Waals surface area contributed by atoms with Crippen LogP contribution in [0.4, 0.5) is 0 Å². The second-order valence-electron chi connectivity index (χ2n) is 29.4. The molecule has 558 valence electrons. The van der Waals surface area contributed by atoms with Crippen molar-refractivity contribution in [2.45, 2.75) is 139 Å². The molecule has 0 radical (unpaired) electrons. The summed E-state index contributed by atoms with van der Waals surface area (Å²) >= 11 is 0. The van der Waals surface area contributed by atoms with Gasteiger partial charge in [0, 0.05) is 173 Å². The Kier molecular flexibility index (Phi) is 24.5. The van der Waals surface area contributed by atoms with E-state index in [1.165, 1.54) is 86.3 Å². The summed E-state index contributed by atoms with van der Waals surface area (Å²) in [4.78, 5) is 78.3. The van der Waals surface area contributed by atoms with Crippen molar-refractivity contribution in [1.82, 2.24) is 43.6 Å². The van der Waals surface area contributed by atoms with E-state index < -0.39 is 0 Å². The number of methoxy groups -OCH3 is 1. The molecule has 0 saturated carbocycles. The standard InChI is InChI=1S/C25H28N2O.C24H29N3O2.C21H24N2O2.C20H22N2O2.ClH/c1-16-6-8-21-20(16)9-11-24-25(21)22-15-18(17(2)28)7-10-23(22)27(24)14-12-19-5-4-13-26(19)3;1-15-17-8-9-21-24(20(17)14-26(15)5)19-12-18(16(2)28)23(29-6)13-22(19)27(21)11-7-10-25(3)4;1-4-22-10-5-11-23-20-8-6-16(14(2)24)12-18(20)19-13-17(15(3)25)7-9-21(19)23;1-13(23)15-5-7-19-17(11-15)18-12-16(14(2)24)6-8-20(18)22(19)10-4-9-21-3;/h7,9-11,15,19H,1,4-6,8,12-14H2,2-3H3;8-9,12-13H,1,7,10-11,14H2,2-6H3;6-9,12-13,22H,4-5,10-11H2,1-3H3;5-8,11-12,21H,4,9-10H2,1-3H3;1H/t19-;;;;/m0..../s1. The molecule has 1 aliphatic carbocycles. The molecular formula is C90H104ClN9O7. The Morgan fingerprint density at radius 3 is 1.38 bits per heavy atom. The molecule has 0 spiro atoms. The van der Waals surface area contributed by atoms with E-state index in [0.717, 1.165) is 157 Å². The molecule has 4 aromatic heterocycles. The number of allylic oxidation sites excluding steroid dienone is 1. The maximum absolute atomic E-state index is 12.3. The minimum atomic E-state index is 0. The molecule has 12 aromatic rings. The molecule has 3 aliphatic rings. The monoisotopic (exact) mass is 1460 g/mol. The molecule has 2 N–H and O–H groups in total. The number of ketones is 6. The summed E-state index contributed by atoms with van der Waals surface area (Å²) in [5, 5.41) is 15.6. The van der Waals surface area contributed by atoms with Crippen molar-refractivity contribution in [3.63, 3.8) is 0 Å². The van der Waals surface area contributed by atoms with Crippen LogP contribution in [0.25, 0.3) is 98.5 Å². The van der Waals surface area contributed by atoms with E-state index in [2.05, 4.69) is 128 Å². The number of aryl methyl sites for hydroxylation is 5. The maximum atomic E-state index is 12.3. The summed E-state index contributed by atoms with van der Waals surface area (Å²) < 4.78 is 15.0. The first-order chi connectivity index (χ1) is 50.9. The third kappa shape index (κ3) is 15.8. The number of likely N-dealkylation sites (tertiary alicyclic amines) is 1. The van der Waals surface area contributed by atoms with Crippen LogP contribution in [0.1, 0.15) is 178 Å². The van der Waals surface area contributed by atoms with E-state index in [0.29, 0.717) is 39.6 Å². The molecule has 0 amide bonds. The Bertz CT molecular complexity index is 5370. The summed E-state index contributed by atoms with van der Waals surface area (Å²) in [6.07, 6.45) is 8.97. The molecule has 8 aromatic carbocycles. The summed E-state index contributed by atoms with van der Waals surface area (Å²) in [5.74, 6) is 1.00. The molecule has 17 heteroatoms. The van der Waals surface area contributed by atoms with Gasteiger partial charge in [-0.25, -0.2) is 0 Å². The third-order valence-electron chi connectivity index (χ3n) is 22.1. The van der Waals surface area contributed by atoms with Gasteiger partial charge in [-0.05, 0) is 285 Å². The molecular weight excluding hydrogens is 1350 g/mol. The van der Waals surface area contributed by atoms with Gasteiger partial charge in [0.15, 0.2) is 34.7 Å². The van der Waals surface area contributed by atoms with Crippen molar-refractivity contribution in [2.75, 3.05) is 75.1 Å². The van der Waals surface area contributed by atoms with E-state index in [1.54, 1.807) is 48.7 Å². The number of halogens is 1. The lowest BCUT2D eigenvalue weighted by Crippen LogP contribution is -2.26. The van der Waals surface area contributed by atoms with Crippen LogP contribution in [0, 0.1) is 0 Å². The molecule has 16 nitrogen and oxygen atoms in total. The Balaban J connectivity index is 0.000000142. The molecule has 1 fully saturated rings. The van der Waals surface area contributed by atoms with E-state index in [4.69, 9.17) is 4.74 Å². The van der Waals surface area contributed by atoms with Crippen LogP contribution in [0.15, 0.2) is 141 Å². The average molecular weight is 1460 g/mol.